The SMILES string of the molecule is C[C@H](NC1C=CCCC1)c1cccnc1. The van der Waals surface area contributed by atoms with Crippen molar-refractivity contribution in [1.82, 2.24) is 10.3 Å². The monoisotopic (exact) mass is 202 g/mol. The summed E-state index contributed by atoms with van der Waals surface area (Å²) in [5.41, 5.74) is 1.26. The number of aromatic nitrogens is 1. The molecule has 0 aromatic carbocycles. The van der Waals surface area contributed by atoms with Crippen LogP contribution in [0.25, 0.3) is 0 Å². The largest absolute Gasteiger partial charge is 0.304 e. The molecule has 0 saturated carbocycles. The van der Waals surface area contributed by atoms with Crippen LogP contribution in [0.1, 0.15) is 37.8 Å². The van der Waals surface area contributed by atoms with Crippen molar-refractivity contribution in [1.29, 1.82) is 0 Å². The molecule has 0 fully saturated rings. The Balaban J connectivity index is 1.94. The second-order valence-corrected chi connectivity index (χ2v) is 4.14. The van der Waals surface area contributed by atoms with Gasteiger partial charge in [-0.25, -0.2) is 0 Å². The number of hydrogen-bond donors (Lipinski definition) is 1. The maximum atomic E-state index is 4.14. The predicted octanol–water partition coefficient (Wildman–Crippen LogP) is 2.84. The van der Waals surface area contributed by atoms with Gasteiger partial charge in [0.2, 0.25) is 0 Å². The number of nitrogens with zero attached hydrogens (tertiary/aromatic N) is 1. The molecule has 1 heterocycles. The fraction of sp³-hybridized carbons (Fsp3) is 0.462. The van der Waals surface area contributed by atoms with Gasteiger partial charge in [0.1, 0.15) is 0 Å². The summed E-state index contributed by atoms with van der Waals surface area (Å²) in [6.07, 6.45) is 12.1. The lowest BCUT2D eigenvalue weighted by atomic mass is 10.0. The van der Waals surface area contributed by atoms with Gasteiger partial charge in [0.05, 0.1) is 0 Å². The number of nitrogens with one attached hydrogen (secondary N) is 1. The molecule has 15 heavy (non-hydrogen) atoms. The van der Waals surface area contributed by atoms with Gasteiger partial charge >= 0.3 is 0 Å². The zero-order valence-corrected chi connectivity index (χ0v) is 9.19. The first kappa shape index (κ1) is 10.4. The maximum absolute atomic E-state index is 4.14. The van der Waals surface area contributed by atoms with Gasteiger partial charge in [0, 0.05) is 24.5 Å². The van der Waals surface area contributed by atoms with E-state index in [0.717, 1.165) is 0 Å². The molecule has 2 rings (SSSR count). The van der Waals surface area contributed by atoms with Crippen molar-refractivity contribution in [2.75, 3.05) is 0 Å². The molecular weight excluding hydrogens is 184 g/mol. The first-order valence-electron chi connectivity index (χ1n) is 5.69. The van der Waals surface area contributed by atoms with Gasteiger partial charge in [-0.3, -0.25) is 4.98 Å². The first-order chi connectivity index (χ1) is 7.36. The van der Waals surface area contributed by atoms with Crippen LogP contribution in [0.4, 0.5) is 0 Å². The van der Waals surface area contributed by atoms with E-state index in [-0.39, 0.29) is 0 Å². The second kappa shape index (κ2) is 5.08. The Morgan fingerprint density at radius 2 is 2.47 bits per heavy atom. The van der Waals surface area contributed by atoms with Crippen LogP contribution in [0.5, 0.6) is 0 Å². The van der Waals surface area contributed by atoms with Crippen LogP contribution >= 0.6 is 0 Å². The quantitative estimate of drug-likeness (QED) is 0.762. The first-order valence-corrected chi connectivity index (χ1v) is 5.69. The second-order valence-electron chi connectivity index (χ2n) is 4.14. The van der Waals surface area contributed by atoms with E-state index < -0.39 is 0 Å². The fourth-order valence-electron chi connectivity index (χ4n) is 2.00. The highest BCUT2D eigenvalue weighted by Gasteiger charge is 2.12. The Labute approximate surface area is 91.4 Å². The van der Waals surface area contributed by atoms with E-state index in [1.807, 2.05) is 18.5 Å². The number of pyridine rings is 1. The molecule has 0 amide bonds. The summed E-state index contributed by atoms with van der Waals surface area (Å²) >= 11 is 0. The summed E-state index contributed by atoms with van der Waals surface area (Å²) in [4.78, 5) is 4.14. The van der Waals surface area contributed by atoms with Crippen LogP contribution in [-0.2, 0) is 0 Å². The molecule has 1 unspecified atom stereocenters. The topological polar surface area (TPSA) is 24.9 Å². The molecule has 1 aliphatic carbocycles. The van der Waals surface area contributed by atoms with Crippen molar-refractivity contribution in [2.45, 2.75) is 38.3 Å². The number of rotatable bonds is 3. The highest BCUT2D eigenvalue weighted by atomic mass is 14.9. The molecule has 80 valence electrons. The Hall–Kier alpha value is -1.15. The summed E-state index contributed by atoms with van der Waals surface area (Å²) in [5, 5.41) is 3.61. The number of allylic oxidation sites excluding steroid dienone is 1. The third-order valence-electron chi connectivity index (χ3n) is 2.90. The van der Waals surface area contributed by atoms with Crippen LogP contribution in [0.2, 0.25) is 0 Å². The minimum Gasteiger partial charge on any atom is -0.304 e. The highest BCUT2D eigenvalue weighted by molar-refractivity contribution is 5.14. The van der Waals surface area contributed by atoms with E-state index >= 15 is 0 Å². The van der Waals surface area contributed by atoms with E-state index in [1.165, 1.54) is 24.8 Å². The third-order valence-corrected chi connectivity index (χ3v) is 2.90. The van der Waals surface area contributed by atoms with E-state index in [0.29, 0.717) is 12.1 Å². The lowest BCUT2D eigenvalue weighted by molar-refractivity contribution is 0.467. The standard InChI is InChI=1S/C13H18N2/c1-11(12-6-5-9-14-10-12)15-13-7-3-2-4-8-13/h3,5-7,9-11,13,15H,2,4,8H2,1H3/t11-,13?/m0/s1. The summed E-state index contributed by atoms with van der Waals surface area (Å²) in [5.74, 6) is 0. The molecular formula is C13H18N2. The van der Waals surface area contributed by atoms with E-state index in [9.17, 15) is 0 Å². The van der Waals surface area contributed by atoms with Crippen molar-refractivity contribution >= 4 is 0 Å². The molecule has 1 N–H and O–H groups in total. The van der Waals surface area contributed by atoms with Gasteiger partial charge in [-0.2, -0.15) is 0 Å². The molecule has 2 heteroatoms. The van der Waals surface area contributed by atoms with Crippen molar-refractivity contribution in [3.63, 3.8) is 0 Å². The van der Waals surface area contributed by atoms with Gasteiger partial charge < -0.3 is 5.32 Å². The van der Waals surface area contributed by atoms with Gasteiger partial charge in [-0.15, -0.1) is 0 Å². The highest BCUT2D eigenvalue weighted by Crippen LogP contribution is 2.16. The Bertz CT molecular complexity index is 319. The molecule has 1 aromatic heterocycles. The van der Waals surface area contributed by atoms with Crippen LogP contribution in [0.3, 0.4) is 0 Å². The Kier molecular flexibility index (Phi) is 3.51. The summed E-state index contributed by atoms with van der Waals surface area (Å²) in [7, 11) is 0. The van der Waals surface area contributed by atoms with E-state index in [1.54, 1.807) is 0 Å². The van der Waals surface area contributed by atoms with Crippen molar-refractivity contribution in [3.8, 4) is 0 Å². The zero-order valence-electron chi connectivity index (χ0n) is 9.19. The summed E-state index contributed by atoms with van der Waals surface area (Å²) < 4.78 is 0. The van der Waals surface area contributed by atoms with Crippen LogP contribution < -0.4 is 5.32 Å². The predicted molar refractivity (Wildman–Crippen MR) is 62.6 cm³/mol. The molecule has 0 spiro atoms. The zero-order chi connectivity index (χ0) is 10.5. The van der Waals surface area contributed by atoms with E-state index in [4.69, 9.17) is 0 Å². The maximum Gasteiger partial charge on any atom is 0.0315 e. The summed E-state index contributed by atoms with van der Waals surface area (Å²) in [6, 6.07) is 5.03. The van der Waals surface area contributed by atoms with Crippen LogP contribution in [0.15, 0.2) is 36.7 Å². The molecule has 0 saturated heterocycles. The lowest BCUT2D eigenvalue weighted by Gasteiger charge is -2.22. The molecule has 0 bridgehead atoms. The summed E-state index contributed by atoms with van der Waals surface area (Å²) in [6.45, 7) is 2.19. The fourth-order valence-corrected chi connectivity index (χ4v) is 2.00. The van der Waals surface area contributed by atoms with Gasteiger partial charge in [-0.05, 0) is 37.8 Å². The molecule has 1 aliphatic rings. The average molecular weight is 202 g/mol. The van der Waals surface area contributed by atoms with Crippen LogP contribution in [0, 0.1) is 0 Å². The molecule has 0 radical (unpaired) electrons. The molecule has 2 nitrogen and oxygen atoms in total. The number of hydrogen-bond acceptors (Lipinski definition) is 2. The Morgan fingerprint density at radius 3 is 3.13 bits per heavy atom. The molecule has 0 aliphatic heterocycles. The smallest absolute Gasteiger partial charge is 0.0315 e. The Morgan fingerprint density at radius 1 is 1.53 bits per heavy atom. The van der Waals surface area contributed by atoms with Gasteiger partial charge in [0.15, 0.2) is 0 Å². The normalized spacial score (nSPS) is 22.6. The lowest BCUT2D eigenvalue weighted by Crippen LogP contribution is -2.30. The van der Waals surface area contributed by atoms with Gasteiger partial charge in [-0.1, -0.05) is 18.2 Å². The van der Waals surface area contributed by atoms with E-state index in [2.05, 4.69) is 35.4 Å². The third kappa shape index (κ3) is 2.90. The van der Waals surface area contributed by atoms with Crippen LogP contribution in [-0.4, -0.2) is 11.0 Å². The van der Waals surface area contributed by atoms with Crippen molar-refractivity contribution in [2.24, 2.45) is 0 Å². The van der Waals surface area contributed by atoms with Crippen molar-refractivity contribution in [3.05, 3.63) is 42.2 Å². The minimum atomic E-state index is 0.381. The molecule has 2 atom stereocenters. The van der Waals surface area contributed by atoms with Gasteiger partial charge in [0.25, 0.3) is 0 Å². The van der Waals surface area contributed by atoms with Crippen molar-refractivity contribution < 1.29 is 0 Å². The molecule has 1 aromatic rings. The average Bonchev–Trinajstić information content (AvgIpc) is 2.31. The minimum absolute atomic E-state index is 0.381.